The van der Waals surface area contributed by atoms with Crippen LogP contribution < -0.4 is 10.0 Å². The van der Waals surface area contributed by atoms with Gasteiger partial charge in [-0.2, -0.15) is 0 Å². The highest BCUT2D eigenvalue weighted by Gasteiger charge is 2.48. The largest absolute Gasteiger partial charge is 0.545 e. The van der Waals surface area contributed by atoms with Crippen molar-refractivity contribution in [1.82, 2.24) is 0 Å². The summed E-state index contributed by atoms with van der Waals surface area (Å²) in [5.41, 5.74) is 0.0349. The van der Waals surface area contributed by atoms with Crippen LogP contribution in [0.25, 0.3) is 0 Å². The first-order valence-electron chi connectivity index (χ1n) is 6.89. The topological polar surface area (TPSA) is 77.5 Å². The minimum absolute atomic E-state index is 0.0234. The molecule has 0 bridgehead atoms. The minimum atomic E-state index is -1.43. The number of anilines is 1. The van der Waals surface area contributed by atoms with Gasteiger partial charge in [-0.1, -0.05) is 24.4 Å². The molecule has 0 N–H and O–H groups in total. The molecule has 2 atom stereocenters. The molecule has 6 heteroatoms. The number of rotatable bonds is 2. The number of imide groups is 1. The summed E-state index contributed by atoms with van der Waals surface area (Å²) in [4.78, 5) is 37.0. The normalized spacial score (nSPS) is 25.1. The second-order valence-electron chi connectivity index (χ2n) is 5.46. The number of aromatic carboxylic acids is 1. The summed E-state index contributed by atoms with van der Waals surface area (Å²) < 4.78 is 0. The van der Waals surface area contributed by atoms with Crippen LogP contribution in [0.4, 0.5) is 5.69 Å². The number of hydrogen-bond donors (Lipinski definition) is 0. The Morgan fingerprint density at radius 3 is 2.24 bits per heavy atom. The van der Waals surface area contributed by atoms with Crippen LogP contribution in [0.2, 0.25) is 5.02 Å². The summed E-state index contributed by atoms with van der Waals surface area (Å²) in [6.45, 7) is 0. The molecule has 5 nitrogen and oxygen atoms in total. The molecule has 1 saturated heterocycles. The summed E-state index contributed by atoms with van der Waals surface area (Å²) in [6, 6.07) is 4.08. The smallest absolute Gasteiger partial charge is 0.237 e. The van der Waals surface area contributed by atoms with Gasteiger partial charge in [-0.25, -0.2) is 0 Å². The van der Waals surface area contributed by atoms with Gasteiger partial charge in [-0.3, -0.25) is 14.5 Å². The summed E-state index contributed by atoms with van der Waals surface area (Å²) in [5.74, 6) is -2.45. The SMILES string of the molecule is O=C([O-])c1cc(N2C(=O)[C@H]3CCCC[C@@H]3C2=O)ccc1Cl. The van der Waals surface area contributed by atoms with Gasteiger partial charge in [-0.15, -0.1) is 0 Å². The van der Waals surface area contributed by atoms with E-state index < -0.39 is 5.97 Å². The van der Waals surface area contributed by atoms with E-state index in [4.69, 9.17) is 11.6 Å². The Balaban J connectivity index is 2.00. The van der Waals surface area contributed by atoms with E-state index in [2.05, 4.69) is 0 Å². The van der Waals surface area contributed by atoms with Gasteiger partial charge in [0.15, 0.2) is 0 Å². The van der Waals surface area contributed by atoms with E-state index in [0.717, 1.165) is 17.7 Å². The van der Waals surface area contributed by atoms with Crippen molar-refractivity contribution in [2.75, 3.05) is 4.90 Å². The molecule has 1 heterocycles. The van der Waals surface area contributed by atoms with Gasteiger partial charge < -0.3 is 9.90 Å². The zero-order chi connectivity index (χ0) is 15.1. The molecule has 0 unspecified atom stereocenters. The zero-order valence-electron chi connectivity index (χ0n) is 11.2. The number of hydrogen-bond acceptors (Lipinski definition) is 4. The maximum atomic E-state index is 12.4. The molecule has 110 valence electrons. The average molecular weight is 307 g/mol. The zero-order valence-corrected chi connectivity index (χ0v) is 11.9. The Labute approximate surface area is 126 Å². The van der Waals surface area contributed by atoms with Gasteiger partial charge in [0.25, 0.3) is 0 Å². The standard InChI is InChI=1S/C15H14ClNO4/c16-12-6-5-8(7-11(12)15(20)21)17-13(18)9-3-1-2-4-10(9)14(17)19/h5-7,9-10H,1-4H2,(H,20,21)/p-1/t9-,10-/m0/s1. The molecule has 1 aromatic rings. The van der Waals surface area contributed by atoms with Crippen molar-refractivity contribution in [3.05, 3.63) is 28.8 Å². The molecule has 3 rings (SSSR count). The first-order valence-corrected chi connectivity index (χ1v) is 7.27. The molecule has 2 amide bonds. The number of carbonyl (C=O) groups excluding carboxylic acids is 3. The second-order valence-corrected chi connectivity index (χ2v) is 5.87. The van der Waals surface area contributed by atoms with E-state index in [1.54, 1.807) is 0 Å². The van der Waals surface area contributed by atoms with Gasteiger partial charge in [0.05, 0.1) is 23.5 Å². The van der Waals surface area contributed by atoms with Gasteiger partial charge >= 0.3 is 0 Å². The lowest BCUT2D eigenvalue weighted by molar-refractivity contribution is -0.255. The molecule has 0 spiro atoms. The lowest BCUT2D eigenvalue weighted by atomic mass is 9.81. The number of halogens is 1. The molecular formula is C15H13ClNO4-. The molecule has 1 aliphatic carbocycles. The Morgan fingerprint density at radius 2 is 1.71 bits per heavy atom. The molecule has 2 aliphatic rings. The fourth-order valence-electron chi connectivity index (χ4n) is 3.23. The second kappa shape index (κ2) is 5.15. The lowest BCUT2D eigenvalue weighted by Crippen LogP contribution is -2.31. The van der Waals surface area contributed by atoms with Crippen molar-refractivity contribution >= 4 is 35.1 Å². The fraction of sp³-hybridized carbons (Fsp3) is 0.400. The van der Waals surface area contributed by atoms with Crippen molar-refractivity contribution in [1.29, 1.82) is 0 Å². The lowest BCUT2D eigenvalue weighted by Gasteiger charge is -2.19. The Bertz CT molecular complexity index is 619. The summed E-state index contributed by atoms with van der Waals surface area (Å²) >= 11 is 5.78. The summed E-state index contributed by atoms with van der Waals surface area (Å²) in [6.07, 6.45) is 3.32. The van der Waals surface area contributed by atoms with E-state index in [1.165, 1.54) is 18.2 Å². The average Bonchev–Trinajstić information content (AvgIpc) is 2.72. The highest BCUT2D eigenvalue weighted by atomic mass is 35.5. The molecule has 1 aromatic carbocycles. The molecular weight excluding hydrogens is 294 g/mol. The predicted octanol–water partition coefficient (Wildman–Crippen LogP) is 1.38. The van der Waals surface area contributed by atoms with Crippen LogP contribution in [0.3, 0.4) is 0 Å². The number of fused-ring (bicyclic) bond motifs is 1. The van der Waals surface area contributed by atoms with Gasteiger partial charge in [0.2, 0.25) is 11.8 Å². The van der Waals surface area contributed by atoms with Crippen molar-refractivity contribution in [3.8, 4) is 0 Å². The van der Waals surface area contributed by atoms with Crippen LogP contribution in [-0.2, 0) is 9.59 Å². The van der Waals surface area contributed by atoms with Gasteiger partial charge in [-0.05, 0) is 31.0 Å². The van der Waals surface area contributed by atoms with Crippen LogP contribution in [0, 0.1) is 11.8 Å². The Hall–Kier alpha value is -1.88. The third kappa shape index (κ3) is 2.21. The Kier molecular flexibility index (Phi) is 3.45. The van der Waals surface area contributed by atoms with E-state index in [1.807, 2.05) is 0 Å². The maximum Gasteiger partial charge on any atom is 0.237 e. The van der Waals surface area contributed by atoms with E-state index in [9.17, 15) is 19.5 Å². The number of carboxylic acid groups (broad SMARTS) is 1. The third-order valence-electron chi connectivity index (χ3n) is 4.27. The molecule has 1 saturated carbocycles. The monoisotopic (exact) mass is 306 g/mol. The highest BCUT2D eigenvalue weighted by molar-refractivity contribution is 6.33. The number of carbonyl (C=O) groups is 3. The molecule has 0 aromatic heterocycles. The quantitative estimate of drug-likeness (QED) is 0.773. The number of benzene rings is 1. The van der Waals surface area contributed by atoms with Crippen molar-refractivity contribution < 1.29 is 19.5 Å². The first-order chi connectivity index (χ1) is 10.0. The number of nitrogens with zero attached hydrogens (tertiary/aromatic N) is 1. The van der Waals surface area contributed by atoms with Gasteiger partial charge in [0.1, 0.15) is 0 Å². The molecule has 0 radical (unpaired) electrons. The number of amides is 2. The Morgan fingerprint density at radius 1 is 1.14 bits per heavy atom. The molecule has 1 aliphatic heterocycles. The van der Waals surface area contributed by atoms with Crippen LogP contribution in [-0.4, -0.2) is 17.8 Å². The predicted molar refractivity (Wildman–Crippen MR) is 73.7 cm³/mol. The van der Waals surface area contributed by atoms with Crippen LogP contribution >= 0.6 is 11.6 Å². The minimum Gasteiger partial charge on any atom is -0.545 e. The fourth-order valence-corrected chi connectivity index (χ4v) is 3.42. The number of carboxylic acids is 1. The van der Waals surface area contributed by atoms with Crippen LogP contribution in [0.15, 0.2) is 18.2 Å². The van der Waals surface area contributed by atoms with Crippen LogP contribution in [0.1, 0.15) is 36.0 Å². The van der Waals surface area contributed by atoms with E-state index in [0.29, 0.717) is 12.8 Å². The van der Waals surface area contributed by atoms with Crippen molar-refractivity contribution in [2.45, 2.75) is 25.7 Å². The highest BCUT2D eigenvalue weighted by Crippen LogP contribution is 2.40. The summed E-state index contributed by atoms with van der Waals surface area (Å²) in [5, 5.41) is 11.0. The van der Waals surface area contributed by atoms with E-state index in [-0.39, 0.29) is 39.9 Å². The van der Waals surface area contributed by atoms with E-state index >= 15 is 0 Å². The van der Waals surface area contributed by atoms with Crippen LogP contribution in [0.5, 0.6) is 0 Å². The van der Waals surface area contributed by atoms with Gasteiger partial charge in [0, 0.05) is 10.6 Å². The molecule has 21 heavy (non-hydrogen) atoms. The molecule has 2 fully saturated rings. The van der Waals surface area contributed by atoms with Crippen molar-refractivity contribution in [3.63, 3.8) is 0 Å². The first kappa shape index (κ1) is 14.1. The third-order valence-corrected chi connectivity index (χ3v) is 4.60. The van der Waals surface area contributed by atoms with Crippen molar-refractivity contribution in [2.24, 2.45) is 11.8 Å². The summed E-state index contributed by atoms with van der Waals surface area (Å²) in [7, 11) is 0. The maximum absolute atomic E-state index is 12.4.